The van der Waals surface area contributed by atoms with Crippen molar-refractivity contribution in [3.05, 3.63) is 59.8 Å². The molecule has 2 aromatic rings. The van der Waals surface area contributed by atoms with Crippen LogP contribution in [-0.4, -0.2) is 44.9 Å². The highest BCUT2D eigenvalue weighted by molar-refractivity contribution is 5.79. The maximum Gasteiger partial charge on any atom is 0.213 e. The molecule has 1 saturated carbocycles. The molecule has 0 saturated heterocycles. The average molecular weight is 383 g/mol. The predicted molar refractivity (Wildman–Crippen MR) is 112 cm³/mol. The zero-order valence-electron chi connectivity index (χ0n) is 16.8. The van der Waals surface area contributed by atoms with Crippen LogP contribution in [0.25, 0.3) is 0 Å². The van der Waals surface area contributed by atoms with Crippen LogP contribution in [0.3, 0.4) is 0 Å². The van der Waals surface area contributed by atoms with Crippen molar-refractivity contribution in [1.29, 1.82) is 0 Å². The van der Waals surface area contributed by atoms with Crippen LogP contribution in [0.15, 0.2) is 53.7 Å². The molecule has 0 unspecified atom stereocenters. The number of guanidine groups is 1. The first-order chi connectivity index (χ1) is 13.8. The molecule has 3 rings (SSSR count). The number of aliphatic imine (C=N–C) groups is 1. The van der Waals surface area contributed by atoms with E-state index in [1.54, 1.807) is 14.2 Å². The smallest absolute Gasteiger partial charge is 0.213 e. The lowest BCUT2D eigenvalue weighted by atomic mass is 9.64. The summed E-state index contributed by atoms with van der Waals surface area (Å²) in [6.45, 7) is 2.60. The zero-order valence-corrected chi connectivity index (χ0v) is 16.8. The number of nitrogens with one attached hydrogen (secondary N) is 2. The van der Waals surface area contributed by atoms with Gasteiger partial charge < -0.3 is 20.1 Å². The first-order valence-electron chi connectivity index (χ1n) is 9.82. The topological polar surface area (TPSA) is 67.8 Å². The Bertz CT molecular complexity index is 743. The highest BCUT2D eigenvalue weighted by Gasteiger charge is 2.38. The molecule has 1 heterocycles. The number of hydrogen-bond donors (Lipinski definition) is 2. The Kier molecular flexibility index (Phi) is 7.25. The number of aromatic nitrogens is 1. The summed E-state index contributed by atoms with van der Waals surface area (Å²) in [6, 6.07) is 14.7. The van der Waals surface area contributed by atoms with Crippen molar-refractivity contribution < 1.29 is 9.47 Å². The molecule has 0 bridgehead atoms. The monoisotopic (exact) mass is 382 g/mol. The summed E-state index contributed by atoms with van der Waals surface area (Å²) in [5.41, 5.74) is 2.71. The molecule has 0 aliphatic heterocycles. The van der Waals surface area contributed by atoms with E-state index in [9.17, 15) is 0 Å². The molecule has 0 atom stereocenters. The van der Waals surface area contributed by atoms with E-state index in [2.05, 4.69) is 50.9 Å². The Morgan fingerprint density at radius 2 is 1.93 bits per heavy atom. The van der Waals surface area contributed by atoms with Gasteiger partial charge in [0.2, 0.25) is 5.88 Å². The van der Waals surface area contributed by atoms with Crippen molar-refractivity contribution in [3.8, 4) is 5.88 Å². The number of benzene rings is 1. The van der Waals surface area contributed by atoms with Gasteiger partial charge in [0.25, 0.3) is 0 Å². The Labute approximate surface area is 167 Å². The van der Waals surface area contributed by atoms with Crippen molar-refractivity contribution in [1.82, 2.24) is 15.6 Å². The Hall–Kier alpha value is -2.60. The van der Waals surface area contributed by atoms with Crippen molar-refractivity contribution >= 4 is 5.96 Å². The molecular weight excluding hydrogens is 352 g/mol. The number of methoxy groups -OCH3 is 1. The first-order valence-corrected chi connectivity index (χ1v) is 9.82. The SMILES string of the molecule is CN=C(NCc1ccc(OCCOC)nc1)NCC1(c2ccccc2)CCC1. The molecule has 1 aliphatic rings. The van der Waals surface area contributed by atoms with E-state index in [4.69, 9.17) is 9.47 Å². The van der Waals surface area contributed by atoms with Gasteiger partial charge in [0.15, 0.2) is 5.96 Å². The van der Waals surface area contributed by atoms with Gasteiger partial charge in [-0.1, -0.05) is 42.8 Å². The quantitative estimate of drug-likeness (QED) is 0.397. The third-order valence-corrected chi connectivity index (χ3v) is 5.31. The van der Waals surface area contributed by atoms with Crippen LogP contribution in [-0.2, 0) is 16.7 Å². The highest BCUT2D eigenvalue weighted by atomic mass is 16.5. The van der Waals surface area contributed by atoms with Gasteiger partial charge >= 0.3 is 0 Å². The summed E-state index contributed by atoms with van der Waals surface area (Å²) in [5.74, 6) is 1.42. The van der Waals surface area contributed by atoms with E-state index in [0.29, 0.717) is 25.6 Å². The Balaban J connectivity index is 1.48. The maximum atomic E-state index is 5.49. The van der Waals surface area contributed by atoms with Crippen LogP contribution in [0.5, 0.6) is 5.88 Å². The first kappa shape index (κ1) is 20.1. The lowest BCUT2D eigenvalue weighted by Crippen LogP contribution is -2.48. The second kappa shape index (κ2) is 10.1. The Morgan fingerprint density at radius 3 is 2.54 bits per heavy atom. The zero-order chi connectivity index (χ0) is 19.7. The van der Waals surface area contributed by atoms with Gasteiger partial charge in [-0.3, -0.25) is 4.99 Å². The maximum absolute atomic E-state index is 5.49. The third kappa shape index (κ3) is 5.23. The average Bonchev–Trinajstić information content (AvgIpc) is 2.71. The Morgan fingerprint density at radius 1 is 1.11 bits per heavy atom. The van der Waals surface area contributed by atoms with Crippen molar-refractivity contribution in [2.45, 2.75) is 31.2 Å². The molecule has 0 amide bonds. The summed E-state index contributed by atoms with van der Waals surface area (Å²) in [4.78, 5) is 8.68. The van der Waals surface area contributed by atoms with Crippen LogP contribution in [0.2, 0.25) is 0 Å². The number of rotatable bonds is 9. The van der Waals surface area contributed by atoms with Crippen LogP contribution in [0.1, 0.15) is 30.4 Å². The standard InChI is InChI=1S/C22H30N4O2/c1-23-21(25-16-18-9-10-20(24-15-18)28-14-13-27-2)26-17-22(11-6-12-22)19-7-4-3-5-8-19/h3-5,7-10,15H,6,11-14,16-17H2,1-2H3,(H2,23,25,26). The van der Waals surface area contributed by atoms with Crippen molar-refractivity contribution in [2.24, 2.45) is 4.99 Å². The number of ether oxygens (including phenoxy) is 2. The van der Waals surface area contributed by atoms with E-state index in [1.807, 2.05) is 18.3 Å². The second-order valence-electron chi connectivity index (χ2n) is 7.13. The van der Waals surface area contributed by atoms with Crippen molar-refractivity contribution in [3.63, 3.8) is 0 Å². The van der Waals surface area contributed by atoms with E-state index in [0.717, 1.165) is 18.1 Å². The van der Waals surface area contributed by atoms with Gasteiger partial charge in [-0.05, 0) is 24.0 Å². The lowest BCUT2D eigenvalue weighted by Gasteiger charge is -2.43. The van der Waals surface area contributed by atoms with Gasteiger partial charge in [-0.25, -0.2) is 4.98 Å². The normalized spacial score (nSPS) is 15.6. The largest absolute Gasteiger partial charge is 0.475 e. The van der Waals surface area contributed by atoms with E-state index < -0.39 is 0 Å². The number of nitrogens with zero attached hydrogens (tertiary/aromatic N) is 2. The van der Waals surface area contributed by atoms with Gasteiger partial charge in [-0.15, -0.1) is 0 Å². The van der Waals surface area contributed by atoms with Crippen molar-refractivity contribution in [2.75, 3.05) is 33.9 Å². The molecule has 6 nitrogen and oxygen atoms in total. The molecule has 1 aromatic carbocycles. The highest BCUT2D eigenvalue weighted by Crippen LogP contribution is 2.43. The second-order valence-corrected chi connectivity index (χ2v) is 7.13. The van der Waals surface area contributed by atoms with Gasteiger partial charge in [0.05, 0.1) is 6.61 Å². The predicted octanol–water partition coefficient (Wildman–Crippen LogP) is 2.89. The summed E-state index contributed by atoms with van der Waals surface area (Å²) in [6.07, 6.45) is 5.54. The minimum Gasteiger partial charge on any atom is -0.475 e. The third-order valence-electron chi connectivity index (χ3n) is 5.31. The van der Waals surface area contributed by atoms with E-state index in [1.165, 1.54) is 24.8 Å². The van der Waals surface area contributed by atoms with Crippen LogP contribution in [0, 0.1) is 0 Å². The molecule has 0 radical (unpaired) electrons. The van der Waals surface area contributed by atoms with E-state index >= 15 is 0 Å². The molecular formula is C22H30N4O2. The summed E-state index contributed by atoms with van der Waals surface area (Å²) in [7, 11) is 3.45. The molecule has 1 fully saturated rings. The molecule has 1 aromatic heterocycles. The number of pyridine rings is 1. The van der Waals surface area contributed by atoms with Gasteiger partial charge in [0, 0.05) is 44.9 Å². The fourth-order valence-electron chi connectivity index (χ4n) is 3.45. The summed E-state index contributed by atoms with van der Waals surface area (Å²) >= 11 is 0. The fourth-order valence-corrected chi connectivity index (χ4v) is 3.45. The molecule has 1 aliphatic carbocycles. The minimum absolute atomic E-state index is 0.224. The fraction of sp³-hybridized carbons (Fsp3) is 0.455. The minimum atomic E-state index is 0.224. The molecule has 28 heavy (non-hydrogen) atoms. The van der Waals surface area contributed by atoms with E-state index in [-0.39, 0.29) is 5.41 Å². The number of hydrogen-bond acceptors (Lipinski definition) is 4. The van der Waals surface area contributed by atoms with Crippen LogP contribution < -0.4 is 15.4 Å². The van der Waals surface area contributed by atoms with Crippen LogP contribution in [0.4, 0.5) is 0 Å². The summed E-state index contributed by atoms with van der Waals surface area (Å²) in [5, 5.41) is 6.87. The summed E-state index contributed by atoms with van der Waals surface area (Å²) < 4.78 is 10.5. The van der Waals surface area contributed by atoms with Crippen LogP contribution >= 0.6 is 0 Å². The van der Waals surface area contributed by atoms with Gasteiger partial charge in [-0.2, -0.15) is 0 Å². The molecule has 0 spiro atoms. The van der Waals surface area contributed by atoms with Gasteiger partial charge in [0.1, 0.15) is 6.61 Å². The molecule has 150 valence electrons. The lowest BCUT2D eigenvalue weighted by molar-refractivity contribution is 0.143. The molecule has 2 N–H and O–H groups in total. The molecule has 6 heteroatoms.